The van der Waals surface area contributed by atoms with Crippen molar-refractivity contribution in [3.05, 3.63) is 17.7 Å². The average molecular weight is 194 g/mol. The number of rotatable bonds is 3. The maximum Gasteiger partial charge on any atom is 0.356 e. The lowest BCUT2D eigenvalue weighted by Gasteiger charge is -2.06. The first kappa shape index (κ1) is 9.24. The molecule has 1 fully saturated rings. The van der Waals surface area contributed by atoms with Crippen LogP contribution in [0.1, 0.15) is 42.0 Å². The Bertz CT molecular complexity index is 353. The van der Waals surface area contributed by atoms with Crippen LogP contribution in [0.4, 0.5) is 0 Å². The Morgan fingerprint density at radius 1 is 1.71 bits per heavy atom. The molecule has 4 heteroatoms. The predicted molar refractivity (Wildman–Crippen MR) is 51.2 cm³/mol. The molecular weight excluding hydrogens is 180 g/mol. The fourth-order valence-corrected chi connectivity index (χ4v) is 1.54. The largest absolute Gasteiger partial charge is 0.461 e. The van der Waals surface area contributed by atoms with Crippen molar-refractivity contribution in [1.29, 1.82) is 0 Å². The summed E-state index contributed by atoms with van der Waals surface area (Å²) in [5.41, 5.74) is 1.38. The summed E-state index contributed by atoms with van der Waals surface area (Å²) in [7, 11) is 0. The summed E-state index contributed by atoms with van der Waals surface area (Å²) in [6.07, 6.45) is 4.02. The summed E-state index contributed by atoms with van der Waals surface area (Å²) in [5, 5.41) is 0. The van der Waals surface area contributed by atoms with E-state index in [-0.39, 0.29) is 5.97 Å². The molecule has 0 unspecified atom stereocenters. The molecule has 4 nitrogen and oxygen atoms in total. The first-order valence-corrected chi connectivity index (χ1v) is 4.94. The summed E-state index contributed by atoms with van der Waals surface area (Å²) in [6, 6.07) is 0.468. The molecule has 0 spiro atoms. The number of esters is 1. The highest BCUT2D eigenvalue weighted by Crippen LogP contribution is 2.36. The van der Waals surface area contributed by atoms with Gasteiger partial charge in [0.15, 0.2) is 5.69 Å². The van der Waals surface area contributed by atoms with Crippen LogP contribution in [0, 0.1) is 6.92 Å². The Morgan fingerprint density at radius 2 is 2.43 bits per heavy atom. The lowest BCUT2D eigenvalue weighted by atomic mass is 10.3. The summed E-state index contributed by atoms with van der Waals surface area (Å²) in [4.78, 5) is 15.7. The van der Waals surface area contributed by atoms with Gasteiger partial charge in [-0.15, -0.1) is 0 Å². The van der Waals surface area contributed by atoms with Crippen LogP contribution in [0.15, 0.2) is 6.33 Å². The van der Waals surface area contributed by atoms with E-state index in [9.17, 15) is 4.79 Å². The van der Waals surface area contributed by atoms with E-state index in [1.54, 1.807) is 6.33 Å². The van der Waals surface area contributed by atoms with Gasteiger partial charge in [0.2, 0.25) is 0 Å². The third kappa shape index (κ3) is 1.52. The highest BCUT2D eigenvalue weighted by Gasteiger charge is 2.29. The summed E-state index contributed by atoms with van der Waals surface area (Å²) in [5.74, 6) is -0.255. The molecule has 0 N–H and O–H groups in total. The number of ether oxygens (including phenoxy) is 1. The van der Waals surface area contributed by atoms with Gasteiger partial charge in [-0.1, -0.05) is 0 Å². The summed E-state index contributed by atoms with van der Waals surface area (Å²) >= 11 is 0. The van der Waals surface area contributed by atoms with Crippen LogP contribution in [-0.4, -0.2) is 22.1 Å². The van der Waals surface area contributed by atoms with Gasteiger partial charge in [0.05, 0.1) is 18.6 Å². The number of imidazole rings is 1. The number of nitrogens with zero attached hydrogens (tertiary/aromatic N) is 2. The van der Waals surface area contributed by atoms with Crippen LogP contribution in [0.2, 0.25) is 0 Å². The van der Waals surface area contributed by atoms with Crippen LogP contribution >= 0.6 is 0 Å². The van der Waals surface area contributed by atoms with E-state index in [1.165, 1.54) is 0 Å². The predicted octanol–water partition coefficient (Wildman–Crippen LogP) is 1.70. The second kappa shape index (κ2) is 3.44. The topological polar surface area (TPSA) is 44.1 Å². The van der Waals surface area contributed by atoms with Crippen molar-refractivity contribution in [3.63, 3.8) is 0 Å². The molecule has 0 atom stereocenters. The Kier molecular flexibility index (Phi) is 2.27. The zero-order valence-electron chi connectivity index (χ0n) is 8.49. The molecule has 76 valence electrons. The first-order valence-electron chi connectivity index (χ1n) is 4.94. The van der Waals surface area contributed by atoms with Gasteiger partial charge in [-0.25, -0.2) is 9.78 Å². The van der Waals surface area contributed by atoms with E-state index in [4.69, 9.17) is 4.74 Å². The van der Waals surface area contributed by atoms with Crippen molar-refractivity contribution in [1.82, 2.24) is 9.55 Å². The quantitative estimate of drug-likeness (QED) is 0.688. The molecule has 0 amide bonds. The van der Waals surface area contributed by atoms with Crippen LogP contribution in [0.3, 0.4) is 0 Å². The monoisotopic (exact) mass is 194 g/mol. The minimum absolute atomic E-state index is 0.255. The van der Waals surface area contributed by atoms with Gasteiger partial charge in [-0.2, -0.15) is 0 Å². The maximum absolute atomic E-state index is 11.6. The molecular formula is C10H14N2O2. The van der Waals surface area contributed by atoms with Crippen molar-refractivity contribution >= 4 is 5.97 Å². The second-order valence-corrected chi connectivity index (χ2v) is 3.54. The Balaban J connectivity index is 2.29. The maximum atomic E-state index is 11.6. The first-order chi connectivity index (χ1) is 6.74. The van der Waals surface area contributed by atoms with Crippen molar-refractivity contribution in [3.8, 4) is 0 Å². The van der Waals surface area contributed by atoms with E-state index < -0.39 is 0 Å². The van der Waals surface area contributed by atoms with E-state index in [1.807, 2.05) is 18.4 Å². The fraction of sp³-hybridized carbons (Fsp3) is 0.600. The standard InChI is InChI=1S/C10H14N2O2/c1-3-14-10(13)9-7(2)11-6-12(9)8-4-5-8/h6,8H,3-5H2,1-2H3. The average Bonchev–Trinajstić information content (AvgIpc) is 2.90. The number of carbonyl (C=O) groups is 1. The van der Waals surface area contributed by atoms with Gasteiger partial charge >= 0.3 is 5.97 Å². The molecule has 1 aromatic heterocycles. The molecule has 0 saturated heterocycles. The highest BCUT2D eigenvalue weighted by atomic mass is 16.5. The molecule has 0 radical (unpaired) electrons. The van der Waals surface area contributed by atoms with Crippen LogP contribution < -0.4 is 0 Å². The zero-order valence-corrected chi connectivity index (χ0v) is 8.49. The minimum atomic E-state index is -0.255. The summed E-state index contributed by atoms with van der Waals surface area (Å²) < 4.78 is 6.92. The molecule has 1 aliphatic rings. The minimum Gasteiger partial charge on any atom is -0.461 e. The fourth-order valence-electron chi connectivity index (χ4n) is 1.54. The van der Waals surface area contributed by atoms with Gasteiger partial charge in [0, 0.05) is 6.04 Å². The number of hydrogen-bond acceptors (Lipinski definition) is 3. The van der Waals surface area contributed by atoms with Gasteiger partial charge in [-0.3, -0.25) is 0 Å². The van der Waals surface area contributed by atoms with E-state index >= 15 is 0 Å². The smallest absolute Gasteiger partial charge is 0.356 e. The van der Waals surface area contributed by atoms with Crippen molar-refractivity contribution < 1.29 is 9.53 Å². The Hall–Kier alpha value is -1.32. The van der Waals surface area contributed by atoms with Gasteiger partial charge in [-0.05, 0) is 26.7 Å². The molecule has 1 aliphatic carbocycles. The number of aryl methyl sites for hydroxylation is 1. The lowest BCUT2D eigenvalue weighted by Crippen LogP contribution is -2.12. The Morgan fingerprint density at radius 3 is 3.00 bits per heavy atom. The van der Waals surface area contributed by atoms with Gasteiger partial charge in [0.1, 0.15) is 0 Å². The second-order valence-electron chi connectivity index (χ2n) is 3.54. The third-order valence-electron chi connectivity index (χ3n) is 2.39. The molecule has 2 rings (SSSR count). The molecule has 0 aliphatic heterocycles. The van der Waals surface area contributed by atoms with Crippen molar-refractivity contribution in [2.45, 2.75) is 32.7 Å². The number of aromatic nitrogens is 2. The van der Waals surface area contributed by atoms with E-state index in [0.29, 0.717) is 18.3 Å². The van der Waals surface area contributed by atoms with Crippen LogP contribution in [-0.2, 0) is 4.74 Å². The van der Waals surface area contributed by atoms with Gasteiger partial charge in [0.25, 0.3) is 0 Å². The van der Waals surface area contributed by atoms with E-state index in [2.05, 4.69) is 4.98 Å². The highest BCUT2D eigenvalue weighted by molar-refractivity contribution is 5.88. The Labute approximate surface area is 82.9 Å². The molecule has 1 aromatic rings. The normalized spacial score (nSPS) is 15.6. The van der Waals surface area contributed by atoms with Gasteiger partial charge < -0.3 is 9.30 Å². The molecule has 14 heavy (non-hydrogen) atoms. The molecule has 1 saturated carbocycles. The molecule has 0 bridgehead atoms. The van der Waals surface area contributed by atoms with Crippen molar-refractivity contribution in [2.75, 3.05) is 6.61 Å². The van der Waals surface area contributed by atoms with Crippen molar-refractivity contribution in [2.24, 2.45) is 0 Å². The van der Waals surface area contributed by atoms with Crippen LogP contribution in [0.5, 0.6) is 0 Å². The SMILES string of the molecule is CCOC(=O)c1c(C)ncn1C1CC1. The third-order valence-corrected chi connectivity index (χ3v) is 2.39. The number of carbonyl (C=O) groups excluding carboxylic acids is 1. The van der Waals surface area contributed by atoms with E-state index in [0.717, 1.165) is 18.5 Å². The zero-order chi connectivity index (χ0) is 10.1. The summed E-state index contributed by atoms with van der Waals surface area (Å²) in [6.45, 7) is 4.06. The molecule has 1 heterocycles. The lowest BCUT2D eigenvalue weighted by molar-refractivity contribution is 0.0512. The number of hydrogen-bond donors (Lipinski definition) is 0. The molecule has 0 aromatic carbocycles. The van der Waals surface area contributed by atoms with Crippen LogP contribution in [0.25, 0.3) is 0 Å².